The zero-order valence-corrected chi connectivity index (χ0v) is 10.2. The molecule has 1 aromatic heterocycles. The van der Waals surface area contributed by atoms with Gasteiger partial charge < -0.3 is 5.73 Å². The van der Waals surface area contributed by atoms with Crippen molar-refractivity contribution in [3.05, 3.63) is 5.01 Å². The fourth-order valence-electron chi connectivity index (χ4n) is 0.924. The van der Waals surface area contributed by atoms with Crippen LogP contribution in [0.5, 0.6) is 0 Å². The summed E-state index contributed by atoms with van der Waals surface area (Å²) in [5.41, 5.74) is 5.53. The number of carbonyl (C=O) groups is 1. The maximum absolute atomic E-state index is 11.7. The minimum Gasteiger partial charge on any atom is -0.319 e. The minimum atomic E-state index is -0.554. The van der Waals surface area contributed by atoms with Crippen molar-refractivity contribution in [1.29, 1.82) is 0 Å². The third-order valence-electron chi connectivity index (χ3n) is 1.97. The molecular weight excluding hydrogens is 212 g/mol. The fraction of sp³-hybridized carbons (Fsp3) is 0.667. The molecule has 0 aromatic carbocycles. The van der Waals surface area contributed by atoms with Crippen molar-refractivity contribution in [2.45, 2.75) is 33.7 Å². The van der Waals surface area contributed by atoms with E-state index in [1.54, 1.807) is 0 Å². The zero-order chi connectivity index (χ0) is 11.6. The van der Waals surface area contributed by atoms with Gasteiger partial charge in [-0.1, -0.05) is 32.1 Å². The maximum Gasteiger partial charge on any atom is 0.243 e. The Balaban J connectivity index is 2.64. The number of hydrogen-bond donors (Lipinski definition) is 2. The standard InChI is InChI=1S/C9H16N4OS/c1-5-12-13-8(15-5)11-7(14)6(10)9(2,3)4/h6H,10H2,1-4H3,(H,11,13,14)/t6-/m1/s1. The number of nitrogens with one attached hydrogen (secondary N) is 1. The van der Waals surface area contributed by atoms with E-state index < -0.39 is 6.04 Å². The van der Waals surface area contributed by atoms with E-state index in [4.69, 9.17) is 5.73 Å². The fourth-order valence-corrected chi connectivity index (χ4v) is 1.52. The van der Waals surface area contributed by atoms with Crippen molar-refractivity contribution in [3.8, 4) is 0 Å². The molecule has 1 aromatic rings. The summed E-state index contributed by atoms with van der Waals surface area (Å²) in [5.74, 6) is -0.223. The maximum atomic E-state index is 11.7. The molecule has 3 N–H and O–H groups in total. The molecule has 0 radical (unpaired) electrons. The van der Waals surface area contributed by atoms with Crippen LogP contribution in [-0.4, -0.2) is 22.1 Å². The summed E-state index contributed by atoms with van der Waals surface area (Å²) in [6, 6.07) is -0.554. The Bertz CT molecular complexity index is 355. The molecule has 0 spiro atoms. The van der Waals surface area contributed by atoms with Crippen LogP contribution >= 0.6 is 11.3 Å². The van der Waals surface area contributed by atoms with Crippen LogP contribution < -0.4 is 11.1 Å². The third kappa shape index (κ3) is 3.24. The van der Waals surface area contributed by atoms with E-state index in [0.29, 0.717) is 5.13 Å². The lowest BCUT2D eigenvalue weighted by Gasteiger charge is -2.25. The Labute approximate surface area is 93.1 Å². The van der Waals surface area contributed by atoms with Gasteiger partial charge in [-0.3, -0.25) is 10.1 Å². The van der Waals surface area contributed by atoms with Gasteiger partial charge in [0.2, 0.25) is 11.0 Å². The predicted octanol–water partition coefficient (Wildman–Crippen LogP) is 1.16. The highest BCUT2D eigenvalue weighted by Crippen LogP contribution is 2.20. The first kappa shape index (κ1) is 12.1. The molecule has 0 aliphatic heterocycles. The van der Waals surface area contributed by atoms with Gasteiger partial charge in [0.15, 0.2) is 0 Å². The van der Waals surface area contributed by atoms with Crippen LogP contribution in [0.25, 0.3) is 0 Å². The van der Waals surface area contributed by atoms with Crippen LogP contribution in [0.2, 0.25) is 0 Å². The number of rotatable bonds is 2. The van der Waals surface area contributed by atoms with E-state index in [1.165, 1.54) is 11.3 Å². The van der Waals surface area contributed by atoms with Crippen LogP contribution in [0.3, 0.4) is 0 Å². The van der Waals surface area contributed by atoms with E-state index in [1.807, 2.05) is 27.7 Å². The van der Waals surface area contributed by atoms with Crippen LogP contribution in [-0.2, 0) is 4.79 Å². The number of hydrogen-bond acceptors (Lipinski definition) is 5. The van der Waals surface area contributed by atoms with Gasteiger partial charge in [0.25, 0.3) is 0 Å². The number of nitrogens with zero attached hydrogens (tertiary/aromatic N) is 2. The molecule has 84 valence electrons. The highest BCUT2D eigenvalue weighted by molar-refractivity contribution is 7.15. The molecule has 0 aliphatic carbocycles. The number of amides is 1. The highest BCUT2D eigenvalue weighted by atomic mass is 32.1. The van der Waals surface area contributed by atoms with Crippen LogP contribution in [0.4, 0.5) is 5.13 Å². The zero-order valence-electron chi connectivity index (χ0n) is 9.37. The van der Waals surface area contributed by atoms with Gasteiger partial charge in [-0.05, 0) is 12.3 Å². The molecule has 0 saturated heterocycles. The van der Waals surface area contributed by atoms with Crippen LogP contribution in [0.15, 0.2) is 0 Å². The van der Waals surface area contributed by atoms with E-state index >= 15 is 0 Å². The lowest BCUT2D eigenvalue weighted by Crippen LogP contribution is -2.45. The third-order valence-corrected chi connectivity index (χ3v) is 2.73. The summed E-state index contributed by atoms with van der Waals surface area (Å²) in [6.07, 6.45) is 0. The number of nitrogens with two attached hydrogens (primary N) is 1. The first-order chi connectivity index (χ1) is 6.80. The molecule has 1 atom stereocenters. The van der Waals surface area contributed by atoms with Crippen molar-refractivity contribution in [2.75, 3.05) is 5.32 Å². The van der Waals surface area contributed by atoms with Crippen molar-refractivity contribution >= 4 is 22.4 Å². The van der Waals surface area contributed by atoms with E-state index in [0.717, 1.165) is 5.01 Å². The number of aromatic nitrogens is 2. The molecule has 15 heavy (non-hydrogen) atoms. The summed E-state index contributed by atoms with van der Waals surface area (Å²) in [7, 11) is 0. The molecule has 0 aliphatic rings. The molecule has 0 unspecified atom stereocenters. The summed E-state index contributed by atoms with van der Waals surface area (Å²) >= 11 is 1.33. The van der Waals surface area contributed by atoms with Gasteiger partial charge in [-0.15, -0.1) is 10.2 Å². The second kappa shape index (κ2) is 4.24. The predicted molar refractivity (Wildman–Crippen MR) is 60.7 cm³/mol. The van der Waals surface area contributed by atoms with Crippen LogP contribution in [0.1, 0.15) is 25.8 Å². The molecule has 0 bridgehead atoms. The summed E-state index contributed by atoms with van der Waals surface area (Å²) < 4.78 is 0. The monoisotopic (exact) mass is 228 g/mol. The Morgan fingerprint density at radius 3 is 2.47 bits per heavy atom. The second-order valence-electron chi connectivity index (χ2n) is 4.46. The Morgan fingerprint density at radius 1 is 1.47 bits per heavy atom. The SMILES string of the molecule is Cc1nnc(NC(=O)[C@@H](N)C(C)(C)C)s1. The van der Waals surface area contributed by atoms with Gasteiger partial charge in [0.1, 0.15) is 5.01 Å². The van der Waals surface area contributed by atoms with Gasteiger partial charge in [0.05, 0.1) is 6.04 Å². The van der Waals surface area contributed by atoms with Crippen LogP contribution in [0, 0.1) is 12.3 Å². The van der Waals surface area contributed by atoms with Gasteiger partial charge in [-0.25, -0.2) is 0 Å². The van der Waals surface area contributed by atoms with Gasteiger partial charge in [0, 0.05) is 0 Å². The molecular formula is C9H16N4OS. The molecule has 1 rings (SSSR count). The summed E-state index contributed by atoms with van der Waals surface area (Å²) in [4.78, 5) is 11.7. The van der Waals surface area contributed by atoms with Crippen molar-refractivity contribution in [1.82, 2.24) is 10.2 Å². The number of aryl methyl sites for hydroxylation is 1. The first-order valence-corrected chi connectivity index (χ1v) is 5.49. The molecule has 0 fully saturated rings. The molecule has 1 amide bonds. The van der Waals surface area contributed by atoms with E-state index in [9.17, 15) is 4.79 Å². The smallest absolute Gasteiger partial charge is 0.243 e. The summed E-state index contributed by atoms with van der Waals surface area (Å²) in [5, 5.41) is 11.6. The molecule has 6 heteroatoms. The summed E-state index contributed by atoms with van der Waals surface area (Å²) in [6.45, 7) is 7.59. The Hall–Kier alpha value is -1.01. The second-order valence-corrected chi connectivity index (χ2v) is 5.64. The molecule has 1 heterocycles. The van der Waals surface area contributed by atoms with Crippen molar-refractivity contribution in [3.63, 3.8) is 0 Å². The number of anilines is 1. The average molecular weight is 228 g/mol. The Kier molecular flexibility index (Phi) is 3.41. The highest BCUT2D eigenvalue weighted by Gasteiger charge is 2.27. The quantitative estimate of drug-likeness (QED) is 0.796. The average Bonchev–Trinajstić information content (AvgIpc) is 2.48. The Morgan fingerprint density at radius 2 is 2.07 bits per heavy atom. The minimum absolute atomic E-state index is 0.223. The van der Waals surface area contributed by atoms with Crippen molar-refractivity contribution < 1.29 is 4.79 Å². The lowest BCUT2D eigenvalue weighted by atomic mass is 9.87. The number of carbonyl (C=O) groups excluding carboxylic acids is 1. The molecule has 5 nitrogen and oxygen atoms in total. The molecule has 0 saturated carbocycles. The van der Waals surface area contributed by atoms with E-state index in [-0.39, 0.29) is 11.3 Å². The lowest BCUT2D eigenvalue weighted by molar-refractivity contribution is -0.119. The largest absolute Gasteiger partial charge is 0.319 e. The van der Waals surface area contributed by atoms with Crippen molar-refractivity contribution in [2.24, 2.45) is 11.1 Å². The van der Waals surface area contributed by atoms with Gasteiger partial charge >= 0.3 is 0 Å². The first-order valence-electron chi connectivity index (χ1n) is 4.67. The normalized spacial score (nSPS) is 13.7. The topological polar surface area (TPSA) is 80.9 Å². The van der Waals surface area contributed by atoms with Gasteiger partial charge in [-0.2, -0.15) is 0 Å². The van der Waals surface area contributed by atoms with E-state index in [2.05, 4.69) is 15.5 Å².